The van der Waals surface area contributed by atoms with Crippen LogP contribution >= 0.6 is 21.6 Å². The van der Waals surface area contributed by atoms with E-state index in [4.69, 9.17) is 24.9 Å². The second-order valence-electron chi connectivity index (χ2n) is 20.6. The maximum Gasteiger partial charge on any atom is 0.415 e. The number of benzene rings is 2. The highest BCUT2D eigenvalue weighted by Crippen LogP contribution is 2.41. The third-order valence-corrected chi connectivity index (χ3v) is 16.8. The quantitative estimate of drug-likeness (QED) is 0.0226. The number of hydrogen-bond donors (Lipinski definition) is 6. The lowest BCUT2D eigenvalue weighted by atomic mass is 9.86. The number of aromatic nitrogens is 2. The van der Waals surface area contributed by atoms with E-state index >= 15 is 0 Å². The number of anilines is 1. The summed E-state index contributed by atoms with van der Waals surface area (Å²) in [4.78, 5) is 123. The first-order valence-electron chi connectivity index (χ1n) is 26.1. The molecule has 22 nitrogen and oxygen atoms in total. The standard InChI is InChI=1S/C55H71N9O13S2/c1-10-36-37-25-35(18-19-41(37)59-46-38(36)28-64-43(46)26-40-39(49(64)69)30-75-50(70)55(40,74)11-2)77-53(73)63(9)23-22-62(8)52(72)76-29-33-14-16-34(17-15-33)58-47(67)42(13-12-21-57-51(56)71)60-48(68)45(31(3)4)61-44(66)20-24-78-79-54(6,7)27-32(5)65/h14-19,25-26,31,42,45,74H,10-13,20-24,27-30H2,1-9H3,(H,58,67)(H,60,68)(H,61,66)(H3,56,57,71)/t42-,45-,55-/m0/s1. The van der Waals surface area contributed by atoms with Gasteiger partial charge in [0.2, 0.25) is 17.7 Å². The number of carbonyl (C=O) groups is 8. The number of amides is 7. The summed E-state index contributed by atoms with van der Waals surface area (Å²) in [6.45, 7) is 12.9. The van der Waals surface area contributed by atoms with Gasteiger partial charge in [0.1, 0.15) is 36.8 Å². The van der Waals surface area contributed by atoms with Crippen molar-refractivity contribution in [1.29, 1.82) is 0 Å². The van der Waals surface area contributed by atoms with Crippen molar-refractivity contribution in [2.24, 2.45) is 11.7 Å². The fourth-order valence-corrected chi connectivity index (χ4v) is 11.8. The molecule has 4 aromatic rings. The maximum absolute atomic E-state index is 13.7. The predicted octanol–water partition coefficient (Wildman–Crippen LogP) is 5.88. The third-order valence-electron chi connectivity index (χ3n) is 13.6. The Bertz CT molecular complexity index is 3040. The lowest BCUT2D eigenvalue weighted by molar-refractivity contribution is -0.172. The maximum atomic E-state index is 13.7. The molecule has 24 heteroatoms. The Kier molecular flexibility index (Phi) is 20.6. The average Bonchev–Trinajstić information content (AvgIpc) is 3.77. The highest BCUT2D eigenvalue weighted by molar-refractivity contribution is 8.77. The Morgan fingerprint density at radius 1 is 0.949 bits per heavy atom. The summed E-state index contributed by atoms with van der Waals surface area (Å²) < 4.78 is 17.8. The number of nitrogens with one attached hydrogen (secondary N) is 4. The van der Waals surface area contributed by atoms with Gasteiger partial charge in [-0.2, -0.15) is 0 Å². The van der Waals surface area contributed by atoms with E-state index in [1.807, 2.05) is 20.8 Å². The van der Waals surface area contributed by atoms with E-state index in [9.17, 15) is 48.3 Å². The highest BCUT2D eigenvalue weighted by atomic mass is 33.1. The third kappa shape index (κ3) is 15.4. The molecule has 2 aromatic heterocycles. The fourth-order valence-electron chi connectivity index (χ4n) is 9.23. The average molecular weight is 1130 g/mol. The van der Waals surface area contributed by atoms with Crippen molar-refractivity contribution in [3.05, 3.63) is 86.7 Å². The van der Waals surface area contributed by atoms with E-state index in [0.29, 0.717) is 53.2 Å². The molecule has 2 aliphatic heterocycles. The Morgan fingerprint density at radius 3 is 2.29 bits per heavy atom. The molecule has 3 atom stereocenters. The number of ether oxygens (including phenoxy) is 3. The number of nitrogens with zero attached hydrogens (tertiary/aromatic N) is 4. The molecule has 0 saturated carbocycles. The van der Waals surface area contributed by atoms with Crippen LogP contribution in [0.5, 0.6) is 5.75 Å². The normalized spacial score (nSPS) is 15.2. The Morgan fingerprint density at radius 2 is 1.65 bits per heavy atom. The van der Waals surface area contributed by atoms with Gasteiger partial charge in [-0.15, -0.1) is 0 Å². The van der Waals surface area contributed by atoms with Crippen LogP contribution in [0.3, 0.4) is 0 Å². The summed E-state index contributed by atoms with van der Waals surface area (Å²) in [6, 6.07) is 10.5. The molecular weight excluding hydrogens is 1060 g/mol. The van der Waals surface area contributed by atoms with Gasteiger partial charge in [-0.25, -0.2) is 24.2 Å². The zero-order valence-corrected chi connectivity index (χ0v) is 47.7. The van der Waals surface area contributed by atoms with Gasteiger partial charge in [-0.05, 0) is 99.9 Å². The molecule has 0 saturated heterocycles. The first kappa shape index (κ1) is 61.0. The number of nitrogens with two attached hydrogens (primary N) is 1. The largest absolute Gasteiger partial charge is 0.458 e. The van der Waals surface area contributed by atoms with Crippen LogP contribution in [0, 0.1) is 5.92 Å². The molecular formula is C55H71N9O13S2. The van der Waals surface area contributed by atoms with Gasteiger partial charge in [-0.1, -0.05) is 61.4 Å². The number of primary amides is 1. The minimum atomic E-state index is -1.95. The first-order chi connectivity index (χ1) is 37.4. The number of fused-ring (bicyclic) bond motifs is 5. The topological polar surface area (TPSA) is 300 Å². The molecule has 2 aliphatic rings. The van der Waals surface area contributed by atoms with E-state index in [1.165, 1.54) is 45.5 Å². The minimum absolute atomic E-state index is 0.0276. The van der Waals surface area contributed by atoms with Crippen molar-refractivity contribution >= 4 is 85.9 Å². The Hall–Kier alpha value is -7.18. The number of hydrogen-bond acceptors (Lipinski definition) is 16. The van der Waals surface area contributed by atoms with E-state index in [-0.39, 0.29) is 103 Å². The SMILES string of the molecule is CCc1c2c(nc3ccc(OC(=O)N(C)CCN(C)C(=O)OCc4ccc(NC(=O)[C@H](CCCNC(N)=O)NC(=O)[C@@H](NC(=O)CCSSC(C)(C)CC(C)=O)C(C)C)cc4)cc13)-c1cc3c(c(=O)n1C2)COC(=O)[C@]3(O)CC. The Balaban J connectivity index is 0.987. The van der Waals surface area contributed by atoms with Crippen LogP contribution in [0.4, 0.5) is 20.1 Å². The van der Waals surface area contributed by atoms with Gasteiger partial charge in [0.25, 0.3) is 5.56 Å². The molecule has 7 amide bonds. The monoisotopic (exact) mass is 1130 g/mol. The predicted molar refractivity (Wildman–Crippen MR) is 300 cm³/mol. The summed E-state index contributed by atoms with van der Waals surface area (Å²) in [5.41, 5.74) is 7.72. The van der Waals surface area contributed by atoms with Crippen molar-refractivity contribution in [3.8, 4) is 17.1 Å². The number of urea groups is 1. The molecule has 0 aliphatic carbocycles. The van der Waals surface area contributed by atoms with Crippen molar-refractivity contribution in [2.45, 2.75) is 129 Å². The van der Waals surface area contributed by atoms with Gasteiger partial charge in [0, 0.05) is 79.3 Å². The second-order valence-corrected chi connectivity index (χ2v) is 23.7. The zero-order valence-electron chi connectivity index (χ0n) is 46.1. The van der Waals surface area contributed by atoms with Crippen LogP contribution in [0.15, 0.2) is 53.3 Å². The molecule has 2 aromatic carbocycles. The van der Waals surface area contributed by atoms with Crippen molar-refractivity contribution < 1.29 is 57.7 Å². The summed E-state index contributed by atoms with van der Waals surface area (Å²) in [6.07, 6.45) is 0.219. The van der Waals surface area contributed by atoms with Crippen LogP contribution < -0.4 is 37.3 Å². The van der Waals surface area contributed by atoms with Crippen LogP contribution in [0.25, 0.3) is 22.3 Å². The molecule has 0 radical (unpaired) electrons. The van der Waals surface area contributed by atoms with Crippen LogP contribution in [-0.4, -0.2) is 128 Å². The molecule has 79 heavy (non-hydrogen) atoms. The van der Waals surface area contributed by atoms with Gasteiger partial charge in [0.05, 0.1) is 29.0 Å². The summed E-state index contributed by atoms with van der Waals surface area (Å²) >= 11 is 0. The van der Waals surface area contributed by atoms with Gasteiger partial charge >= 0.3 is 24.2 Å². The highest BCUT2D eigenvalue weighted by Gasteiger charge is 2.45. The van der Waals surface area contributed by atoms with Crippen LogP contribution in [0.1, 0.15) is 108 Å². The van der Waals surface area contributed by atoms with Crippen molar-refractivity contribution in [3.63, 3.8) is 0 Å². The molecule has 7 N–H and O–H groups in total. The molecule has 0 unspecified atom stereocenters. The fraction of sp³-hybridized carbons (Fsp3) is 0.491. The van der Waals surface area contributed by atoms with Gasteiger partial charge in [-0.3, -0.25) is 24.0 Å². The number of aryl methyl sites for hydroxylation is 1. The lowest BCUT2D eigenvalue weighted by Crippen LogP contribution is -2.54. The molecule has 426 valence electrons. The number of carbonyl (C=O) groups excluding carboxylic acids is 8. The summed E-state index contributed by atoms with van der Waals surface area (Å²) in [5.74, 6) is -1.76. The Labute approximate surface area is 466 Å². The van der Waals surface area contributed by atoms with E-state index in [0.717, 1.165) is 16.5 Å². The first-order valence-corrected chi connectivity index (χ1v) is 28.4. The molecule has 0 bridgehead atoms. The minimum Gasteiger partial charge on any atom is -0.458 e. The van der Waals surface area contributed by atoms with Gasteiger partial charge in [0.15, 0.2) is 5.60 Å². The van der Waals surface area contributed by atoms with Crippen molar-refractivity contribution in [2.75, 3.05) is 44.8 Å². The number of cyclic esters (lactones) is 1. The van der Waals surface area contributed by atoms with Crippen LogP contribution in [0.2, 0.25) is 0 Å². The number of ketones is 1. The second kappa shape index (κ2) is 26.6. The zero-order chi connectivity index (χ0) is 57.9. The number of likely N-dealkylation sites (N-methyl/N-ethyl adjacent to an activating group) is 2. The number of pyridine rings is 2. The smallest absolute Gasteiger partial charge is 0.415 e. The molecule has 0 spiro atoms. The lowest BCUT2D eigenvalue weighted by Gasteiger charge is -2.31. The summed E-state index contributed by atoms with van der Waals surface area (Å²) in [7, 11) is 6.06. The van der Waals surface area contributed by atoms with Crippen molar-refractivity contribution in [1.82, 2.24) is 35.3 Å². The number of esters is 1. The van der Waals surface area contributed by atoms with E-state index < -0.39 is 53.7 Å². The number of Topliss-reactive ketones (excluding diaryl/α,β-unsaturated/α-hetero) is 1. The number of aliphatic hydroxyl groups is 1. The van der Waals surface area contributed by atoms with Gasteiger partial charge < -0.3 is 60.7 Å². The summed E-state index contributed by atoms with van der Waals surface area (Å²) in [5, 5.41) is 22.8. The van der Waals surface area contributed by atoms with E-state index in [2.05, 4.69) is 21.3 Å². The molecule has 0 fully saturated rings. The van der Waals surface area contributed by atoms with E-state index in [1.54, 1.807) is 80.8 Å². The molecule has 6 rings (SSSR count). The van der Waals surface area contributed by atoms with Crippen LogP contribution in [-0.2, 0) is 65.2 Å². The molecule has 4 heterocycles. The number of rotatable bonds is 25.